The predicted molar refractivity (Wildman–Crippen MR) is 96.9 cm³/mol. The summed E-state index contributed by atoms with van der Waals surface area (Å²) >= 11 is 0. The molecule has 0 saturated carbocycles. The third kappa shape index (κ3) is 3.93. The molecule has 1 amide bonds. The van der Waals surface area contributed by atoms with Crippen molar-refractivity contribution in [3.05, 3.63) is 53.7 Å². The van der Waals surface area contributed by atoms with Crippen LogP contribution in [0.4, 0.5) is 5.82 Å². The third-order valence-corrected chi connectivity index (χ3v) is 4.24. The molecule has 1 saturated heterocycles. The number of carbonyl (C=O) groups is 2. The fourth-order valence-electron chi connectivity index (χ4n) is 2.93. The van der Waals surface area contributed by atoms with Gasteiger partial charge in [-0.25, -0.2) is 9.78 Å². The molecule has 3 rings (SSSR count). The average Bonchev–Trinajstić information content (AvgIpc) is 2.68. The van der Waals surface area contributed by atoms with Gasteiger partial charge in [0.05, 0.1) is 6.61 Å². The second-order valence-electron chi connectivity index (χ2n) is 5.93. The second-order valence-corrected chi connectivity index (χ2v) is 5.93. The van der Waals surface area contributed by atoms with Crippen molar-refractivity contribution in [2.75, 3.05) is 37.7 Å². The minimum absolute atomic E-state index is 0.0220. The van der Waals surface area contributed by atoms with Crippen molar-refractivity contribution in [2.45, 2.75) is 6.92 Å². The van der Waals surface area contributed by atoms with Crippen molar-refractivity contribution in [1.82, 2.24) is 9.88 Å². The van der Waals surface area contributed by atoms with Gasteiger partial charge in [0.1, 0.15) is 11.6 Å². The van der Waals surface area contributed by atoms with E-state index >= 15 is 0 Å². The summed E-state index contributed by atoms with van der Waals surface area (Å²) in [5.41, 5.74) is 0.629. The smallest absolute Gasteiger partial charge is 0.354 e. The highest BCUT2D eigenvalue weighted by atomic mass is 16.5. The monoisotopic (exact) mass is 355 g/mol. The lowest BCUT2D eigenvalue weighted by Gasteiger charge is -2.35. The summed E-state index contributed by atoms with van der Waals surface area (Å²) in [7, 11) is 0. The molecular weight excluding hydrogens is 334 g/mol. The lowest BCUT2D eigenvalue weighted by Crippen LogP contribution is -2.49. The van der Waals surface area contributed by atoms with E-state index in [0.717, 1.165) is 0 Å². The first-order valence-electron chi connectivity index (χ1n) is 8.56. The molecule has 1 aliphatic heterocycles. The number of ether oxygens (including phenoxy) is 1. The number of aromatic carboxylic acids is 1. The second kappa shape index (κ2) is 7.86. The first-order chi connectivity index (χ1) is 12.6. The van der Waals surface area contributed by atoms with Crippen molar-refractivity contribution in [3.63, 3.8) is 0 Å². The van der Waals surface area contributed by atoms with Gasteiger partial charge in [-0.2, -0.15) is 0 Å². The Bertz CT molecular complexity index is 801. The van der Waals surface area contributed by atoms with E-state index in [1.54, 1.807) is 29.2 Å². The number of aromatic nitrogens is 1. The zero-order chi connectivity index (χ0) is 18.5. The molecule has 0 spiro atoms. The molecular formula is C19H21N3O4. The zero-order valence-electron chi connectivity index (χ0n) is 14.6. The molecule has 26 heavy (non-hydrogen) atoms. The van der Waals surface area contributed by atoms with Crippen molar-refractivity contribution >= 4 is 17.7 Å². The Morgan fingerprint density at radius 1 is 1.12 bits per heavy atom. The van der Waals surface area contributed by atoms with E-state index in [9.17, 15) is 9.59 Å². The van der Waals surface area contributed by atoms with Gasteiger partial charge in [-0.05, 0) is 37.3 Å². The molecule has 2 heterocycles. The van der Waals surface area contributed by atoms with Crippen LogP contribution < -0.4 is 9.64 Å². The number of pyridine rings is 1. The van der Waals surface area contributed by atoms with Crippen molar-refractivity contribution in [3.8, 4) is 5.75 Å². The highest BCUT2D eigenvalue weighted by Crippen LogP contribution is 2.18. The molecule has 1 aromatic carbocycles. The normalized spacial score (nSPS) is 14.2. The van der Waals surface area contributed by atoms with E-state index in [4.69, 9.17) is 9.84 Å². The van der Waals surface area contributed by atoms with Crippen LogP contribution in [0.1, 0.15) is 27.8 Å². The van der Waals surface area contributed by atoms with Crippen molar-refractivity contribution < 1.29 is 19.4 Å². The first-order valence-corrected chi connectivity index (χ1v) is 8.56. The molecule has 1 aliphatic rings. The van der Waals surface area contributed by atoms with Crippen LogP contribution in [0.25, 0.3) is 0 Å². The Balaban J connectivity index is 1.65. The number of amides is 1. The Morgan fingerprint density at radius 2 is 1.85 bits per heavy atom. The fourth-order valence-corrected chi connectivity index (χ4v) is 2.93. The fraction of sp³-hybridized carbons (Fsp3) is 0.316. The van der Waals surface area contributed by atoms with Crippen molar-refractivity contribution in [2.24, 2.45) is 0 Å². The van der Waals surface area contributed by atoms with Gasteiger partial charge in [0.15, 0.2) is 5.69 Å². The minimum atomic E-state index is -1.05. The standard InChI is InChI=1S/C19H21N3O4/c1-2-26-15-6-3-5-14(13-15)18(23)22-11-9-21(10-12-22)17-8-4-7-16(20-17)19(24)25/h3-8,13H,2,9-12H2,1H3,(H,24,25). The lowest BCUT2D eigenvalue weighted by molar-refractivity contribution is 0.0690. The van der Waals surface area contributed by atoms with Crippen LogP contribution >= 0.6 is 0 Å². The van der Waals surface area contributed by atoms with Gasteiger partial charge >= 0.3 is 5.97 Å². The number of nitrogens with zero attached hydrogens (tertiary/aromatic N) is 3. The largest absolute Gasteiger partial charge is 0.494 e. The van der Waals surface area contributed by atoms with E-state index in [1.165, 1.54) is 6.07 Å². The average molecular weight is 355 g/mol. The number of rotatable bonds is 5. The SMILES string of the molecule is CCOc1cccc(C(=O)N2CCN(c3cccc(C(=O)O)n3)CC2)c1. The van der Waals surface area contributed by atoms with E-state index in [2.05, 4.69) is 4.98 Å². The number of piperazine rings is 1. The van der Waals surface area contributed by atoms with Gasteiger partial charge in [0.25, 0.3) is 5.91 Å². The molecule has 0 atom stereocenters. The third-order valence-electron chi connectivity index (χ3n) is 4.24. The minimum Gasteiger partial charge on any atom is -0.494 e. The number of carboxylic acids is 1. The van der Waals surface area contributed by atoms with Gasteiger partial charge in [0.2, 0.25) is 0 Å². The van der Waals surface area contributed by atoms with Gasteiger partial charge in [-0.15, -0.1) is 0 Å². The molecule has 0 bridgehead atoms. The van der Waals surface area contributed by atoms with Crippen LogP contribution in [0.3, 0.4) is 0 Å². The maximum absolute atomic E-state index is 12.7. The first kappa shape index (κ1) is 17.7. The summed E-state index contributed by atoms with van der Waals surface area (Å²) in [5, 5.41) is 9.06. The Kier molecular flexibility index (Phi) is 5.36. The molecule has 7 heteroatoms. The summed E-state index contributed by atoms with van der Waals surface area (Å²) in [4.78, 5) is 31.7. The predicted octanol–water partition coefficient (Wildman–Crippen LogP) is 2.14. The number of hydrogen-bond donors (Lipinski definition) is 1. The quantitative estimate of drug-likeness (QED) is 0.885. The molecule has 7 nitrogen and oxygen atoms in total. The van der Waals surface area contributed by atoms with Crippen LogP contribution in [0.15, 0.2) is 42.5 Å². The number of carboxylic acid groups (broad SMARTS) is 1. The topological polar surface area (TPSA) is 83.0 Å². The number of anilines is 1. The summed E-state index contributed by atoms with van der Waals surface area (Å²) in [6.07, 6.45) is 0. The summed E-state index contributed by atoms with van der Waals surface area (Å²) in [6, 6.07) is 12.1. The van der Waals surface area contributed by atoms with E-state index in [-0.39, 0.29) is 11.6 Å². The maximum atomic E-state index is 12.7. The molecule has 2 aromatic rings. The van der Waals surface area contributed by atoms with E-state index < -0.39 is 5.97 Å². The number of benzene rings is 1. The Morgan fingerprint density at radius 3 is 2.54 bits per heavy atom. The van der Waals surface area contributed by atoms with Crippen molar-refractivity contribution in [1.29, 1.82) is 0 Å². The summed E-state index contributed by atoms with van der Waals surface area (Å²) < 4.78 is 5.45. The van der Waals surface area contributed by atoms with Gasteiger partial charge in [-0.1, -0.05) is 12.1 Å². The molecule has 1 fully saturated rings. The van der Waals surface area contributed by atoms with Crippen LogP contribution in [-0.2, 0) is 0 Å². The Hall–Kier alpha value is -3.09. The van der Waals surface area contributed by atoms with Crippen LogP contribution in [-0.4, -0.2) is 59.7 Å². The molecule has 0 unspecified atom stereocenters. The van der Waals surface area contributed by atoms with E-state index in [0.29, 0.717) is 49.9 Å². The zero-order valence-corrected chi connectivity index (χ0v) is 14.6. The number of carbonyl (C=O) groups excluding carboxylic acids is 1. The van der Waals surface area contributed by atoms with Crippen LogP contribution in [0, 0.1) is 0 Å². The molecule has 1 N–H and O–H groups in total. The number of hydrogen-bond acceptors (Lipinski definition) is 5. The molecule has 136 valence electrons. The lowest BCUT2D eigenvalue weighted by atomic mass is 10.1. The van der Waals surface area contributed by atoms with Gasteiger partial charge < -0.3 is 19.6 Å². The highest BCUT2D eigenvalue weighted by Gasteiger charge is 2.23. The Labute approximate surface area is 151 Å². The van der Waals surface area contributed by atoms with E-state index in [1.807, 2.05) is 24.0 Å². The maximum Gasteiger partial charge on any atom is 0.354 e. The summed E-state index contributed by atoms with van der Waals surface area (Å²) in [5.74, 6) is 0.232. The highest BCUT2D eigenvalue weighted by molar-refractivity contribution is 5.94. The van der Waals surface area contributed by atoms with Gasteiger partial charge in [0, 0.05) is 31.7 Å². The molecule has 1 aromatic heterocycles. The molecule has 0 aliphatic carbocycles. The van der Waals surface area contributed by atoms with Crippen LogP contribution in [0.2, 0.25) is 0 Å². The van der Waals surface area contributed by atoms with Gasteiger partial charge in [-0.3, -0.25) is 4.79 Å². The molecule has 0 radical (unpaired) electrons. The van der Waals surface area contributed by atoms with Crippen LogP contribution in [0.5, 0.6) is 5.75 Å². The summed E-state index contributed by atoms with van der Waals surface area (Å²) in [6.45, 7) is 4.77.